The topological polar surface area (TPSA) is 35.2 Å². The lowest BCUT2D eigenvalue weighted by molar-refractivity contribution is 0.404. The van der Waals surface area contributed by atoms with Crippen LogP contribution in [-0.2, 0) is 11.8 Å². The first kappa shape index (κ1) is 17.6. The number of benzene rings is 2. The van der Waals surface area contributed by atoms with E-state index in [4.69, 9.17) is 10.5 Å². The van der Waals surface area contributed by atoms with E-state index in [1.165, 1.54) is 22.3 Å². The summed E-state index contributed by atoms with van der Waals surface area (Å²) in [5.74, 6) is 1.19. The molecule has 2 aromatic rings. The van der Waals surface area contributed by atoms with Crippen LogP contribution in [0.4, 0.5) is 0 Å². The second-order valence-corrected chi connectivity index (χ2v) is 7.33. The van der Waals surface area contributed by atoms with Gasteiger partial charge in [0.15, 0.2) is 0 Å². The van der Waals surface area contributed by atoms with Gasteiger partial charge in [0.05, 0.1) is 7.11 Å². The molecule has 0 saturated heterocycles. The SMILES string of the molecule is COc1ccc(C(C)(C)C)cc1C(CN)Cc1ccc(C)cc1. The molecule has 0 heterocycles. The first-order chi connectivity index (χ1) is 10.8. The smallest absolute Gasteiger partial charge is 0.122 e. The average Bonchev–Trinajstić information content (AvgIpc) is 2.53. The Bertz CT molecular complexity index is 638. The molecule has 1 atom stereocenters. The van der Waals surface area contributed by atoms with E-state index in [1.54, 1.807) is 7.11 Å². The fourth-order valence-electron chi connectivity index (χ4n) is 2.85. The van der Waals surface area contributed by atoms with Crippen molar-refractivity contribution in [3.8, 4) is 5.75 Å². The molecule has 0 bridgehead atoms. The molecule has 2 heteroatoms. The molecule has 0 radical (unpaired) electrons. The number of nitrogens with two attached hydrogens (primary N) is 1. The van der Waals surface area contributed by atoms with Gasteiger partial charge in [-0.2, -0.15) is 0 Å². The predicted molar refractivity (Wildman–Crippen MR) is 98.4 cm³/mol. The first-order valence-electron chi connectivity index (χ1n) is 8.29. The lowest BCUT2D eigenvalue weighted by atomic mass is 9.83. The fourth-order valence-corrected chi connectivity index (χ4v) is 2.85. The number of rotatable bonds is 5. The maximum Gasteiger partial charge on any atom is 0.122 e. The van der Waals surface area contributed by atoms with Crippen LogP contribution in [0.3, 0.4) is 0 Å². The maximum atomic E-state index is 6.11. The minimum absolute atomic E-state index is 0.115. The van der Waals surface area contributed by atoms with Gasteiger partial charge in [-0.3, -0.25) is 0 Å². The van der Waals surface area contributed by atoms with Crippen LogP contribution in [0, 0.1) is 6.92 Å². The maximum absolute atomic E-state index is 6.11. The molecule has 0 saturated carbocycles. The van der Waals surface area contributed by atoms with E-state index in [1.807, 2.05) is 0 Å². The number of methoxy groups -OCH3 is 1. The average molecular weight is 311 g/mol. The summed E-state index contributed by atoms with van der Waals surface area (Å²) in [6.07, 6.45) is 0.931. The van der Waals surface area contributed by atoms with Gasteiger partial charge in [-0.15, -0.1) is 0 Å². The lowest BCUT2D eigenvalue weighted by Crippen LogP contribution is -2.18. The van der Waals surface area contributed by atoms with Gasteiger partial charge >= 0.3 is 0 Å². The zero-order valence-electron chi connectivity index (χ0n) is 15.0. The highest BCUT2D eigenvalue weighted by Gasteiger charge is 2.20. The van der Waals surface area contributed by atoms with Crippen molar-refractivity contribution in [2.75, 3.05) is 13.7 Å². The van der Waals surface area contributed by atoms with Gasteiger partial charge in [0.1, 0.15) is 5.75 Å². The third-order valence-electron chi connectivity index (χ3n) is 4.42. The van der Waals surface area contributed by atoms with Crippen LogP contribution in [-0.4, -0.2) is 13.7 Å². The van der Waals surface area contributed by atoms with Crippen molar-refractivity contribution in [1.82, 2.24) is 0 Å². The highest BCUT2D eigenvalue weighted by molar-refractivity contribution is 5.43. The summed E-state index contributed by atoms with van der Waals surface area (Å²) < 4.78 is 5.60. The lowest BCUT2D eigenvalue weighted by Gasteiger charge is -2.24. The Hall–Kier alpha value is -1.80. The Morgan fingerprint density at radius 3 is 2.22 bits per heavy atom. The van der Waals surface area contributed by atoms with Crippen molar-refractivity contribution < 1.29 is 4.74 Å². The van der Waals surface area contributed by atoms with E-state index in [2.05, 4.69) is 70.2 Å². The van der Waals surface area contributed by atoms with Gasteiger partial charge in [0, 0.05) is 5.92 Å². The Balaban J connectivity index is 2.37. The zero-order valence-corrected chi connectivity index (χ0v) is 15.0. The molecule has 0 aromatic heterocycles. The third-order valence-corrected chi connectivity index (χ3v) is 4.42. The van der Waals surface area contributed by atoms with Crippen molar-refractivity contribution in [1.29, 1.82) is 0 Å². The molecular formula is C21H29NO. The second kappa shape index (κ2) is 7.18. The zero-order chi connectivity index (χ0) is 17.0. The summed E-state index contributed by atoms with van der Waals surface area (Å²) in [6, 6.07) is 15.2. The summed E-state index contributed by atoms with van der Waals surface area (Å²) in [5.41, 5.74) is 11.3. The summed E-state index contributed by atoms with van der Waals surface area (Å²) >= 11 is 0. The van der Waals surface area contributed by atoms with Gasteiger partial charge in [-0.25, -0.2) is 0 Å². The highest BCUT2D eigenvalue weighted by Crippen LogP contribution is 2.33. The normalized spacial score (nSPS) is 13.0. The largest absolute Gasteiger partial charge is 0.496 e. The molecule has 124 valence electrons. The molecule has 2 aromatic carbocycles. The van der Waals surface area contributed by atoms with E-state index in [0.717, 1.165) is 12.2 Å². The standard InChI is InChI=1S/C21H29NO/c1-15-6-8-16(9-7-15)12-17(14-22)19-13-18(21(2,3)4)10-11-20(19)23-5/h6-11,13,17H,12,14,22H2,1-5H3. The Labute approximate surface area is 140 Å². The van der Waals surface area contributed by atoms with Gasteiger partial charge in [0.2, 0.25) is 0 Å². The molecular weight excluding hydrogens is 282 g/mol. The van der Waals surface area contributed by atoms with Crippen LogP contribution >= 0.6 is 0 Å². The molecule has 0 aliphatic heterocycles. The van der Waals surface area contributed by atoms with Crippen LogP contribution in [0.2, 0.25) is 0 Å². The van der Waals surface area contributed by atoms with Crippen molar-refractivity contribution in [3.05, 3.63) is 64.7 Å². The van der Waals surface area contributed by atoms with Gasteiger partial charge in [-0.05, 0) is 48.1 Å². The minimum atomic E-state index is 0.115. The molecule has 0 aliphatic carbocycles. The molecule has 2 N–H and O–H groups in total. The molecule has 0 amide bonds. The van der Waals surface area contributed by atoms with E-state index >= 15 is 0 Å². The van der Waals surface area contributed by atoms with Crippen LogP contribution in [0.1, 0.15) is 48.9 Å². The van der Waals surface area contributed by atoms with Crippen LogP contribution in [0.15, 0.2) is 42.5 Å². The third kappa shape index (κ3) is 4.35. The van der Waals surface area contributed by atoms with Gasteiger partial charge in [-0.1, -0.05) is 62.7 Å². The quantitative estimate of drug-likeness (QED) is 0.877. The van der Waals surface area contributed by atoms with Crippen LogP contribution < -0.4 is 10.5 Å². The molecule has 2 nitrogen and oxygen atoms in total. The number of aryl methyl sites for hydroxylation is 1. The van der Waals surface area contributed by atoms with Crippen molar-refractivity contribution in [2.45, 2.75) is 45.4 Å². The summed E-state index contributed by atoms with van der Waals surface area (Å²) in [4.78, 5) is 0. The molecule has 1 unspecified atom stereocenters. The van der Waals surface area contributed by atoms with E-state index in [9.17, 15) is 0 Å². The van der Waals surface area contributed by atoms with Gasteiger partial charge < -0.3 is 10.5 Å². The highest BCUT2D eigenvalue weighted by atomic mass is 16.5. The Kier molecular flexibility index (Phi) is 5.48. The number of hydrogen-bond acceptors (Lipinski definition) is 2. The van der Waals surface area contributed by atoms with Crippen molar-refractivity contribution >= 4 is 0 Å². The van der Waals surface area contributed by atoms with E-state index in [0.29, 0.717) is 6.54 Å². The van der Waals surface area contributed by atoms with E-state index in [-0.39, 0.29) is 11.3 Å². The second-order valence-electron chi connectivity index (χ2n) is 7.33. The van der Waals surface area contributed by atoms with Crippen LogP contribution in [0.5, 0.6) is 5.75 Å². The Morgan fingerprint density at radius 2 is 1.70 bits per heavy atom. The first-order valence-corrected chi connectivity index (χ1v) is 8.29. The molecule has 0 aliphatic rings. The summed E-state index contributed by atoms with van der Waals surface area (Å²) in [5, 5.41) is 0. The Morgan fingerprint density at radius 1 is 1.04 bits per heavy atom. The summed E-state index contributed by atoms with van der Waals surface area (Å²) in [6.45, 7) is 9.42. The van der Waals surface area contributed by atoms with Gasteiger partial charge in [0.25, 0.3) is 0 Å². The minimum Gasteiger partial charge on any atom is -0.496 e. The molecule has 0 spiro atoms. The van der Waals surface area contributed by atoms with Crippen molar-refractivity contribution in [2.24, 2.45) is 5.73 Å². The number of ether oxygens (including phenoxy) is 1. The molecule has 0 fully saturated rings. The van der Waals surface area contributed by atoms with Crippen molar-refractivity contribution in [3.63, 3.8) is 0 Å². The van der Waals surface area contributed by atoms with Crippen LogP contribution in [0.25, 0.3) is 0 Å². The molecule has 23 heavy (non-hydrogen) atoms. The summed E-state index contributed by atoms with van der Waals surface area (Å²) in [7, 11) is 1.73. The molecule has 2 rings (SSSR count). The predicted octanol–water partition coefficient (Wildman–Crippen LogP) is 4.59. The fraction of sp³-hybridized carbons (Fsp3) is 0.429. The number of hydrogen-bond donors (Lipinski definition) is 1. The van der Waals surface area contributed by atoms with E-state index < -0.39 is 0 Å². The monoisotopic (exact) mass is 311 g/mol.